The Labute approximate surface area is 115 Å². The summed E-state index contributed by atoms with van der Waals surface area (Å²) in [7, 11) is 3.39. The number of hydrogen-bond acceptors (Lipinski definition) is 2. The van der Waals surface area contributed by atoms with Crippen LogP contribution in [0.1, 0.15) is 22.3 Å². The molecule has 0 aliphatic carbocycles. The first kappa shape index (κ1) is 14.7. The van der Waals surface area contributed by atoms with Crippen LogP contribution >= 0.6 is 15.9 Å². The van der Waals surface area contributed by atoms with Gasteiger partial charge in [-0.15, -0.1) is 0 Å². The zero-order valence-electron chi connectivity index (χ0n) is 10.8. The molecule has 0 heterocycles. The van der Waals surface area contributed by atoms with Crippen molar-refractivity contribution in [1.82, 2.24) is 10.2 Å². The maximum absolute atomic E-state index is 11.8. The van der Waals surface area contributed by atoms with E-state index >= 15 is 0 Å². The Morgan fingerprint density at radius 3 is 2.56 bits per heavy atom. The average Bonchev–Trinajstić information content (AvgIpc) is 2.32. The fourth-order valence-electron chi connectivity index (χ4n) is 1.34. The SMILES string of the molecule is Cc1ccc(C(=O)NCCC(=O)N(C)C)cc1Br. The molecule has 0 aliphatic heterocycles. The molecular formula is C13H17BrN2O2. The Hall–Kier alpha value is -1.36. The average molecular weight is 313 g/mol. The molecule has 0 saturated carbocycles. The molecule has 0 aliphatic rings. The minimum Gasteiger partial charge on any atom is -0.352 e. The lowest BCUT2D eigenvalue weighted by Gasteiger charge is -2.10. The van der Waals surface area contributed by atoms with Crippen LogP contribution in [0, 0.1) is 6.92 Å². The van der Waals surface area contributed by atoms with Gasteiger partial charge >= 0.3 is 0 Å². The quantitative estimate of drug-likeness (QED) is 0.924. The number of rotatable bonds is 4. The second-order valence-corrected chi connectivity index (χ2v) is 5.11. The number of aryl methyl sites for hydroxylation is 1. The van der Waals surface area contributed by atoms with Gasteiger partial charge in [0, 0.05) is 37.1 Å². The number of carbonyl (C=O) groups is 2. The van der Waals surface area contributed by atoms with Crippen LogP contribution in [-0.2, 0) is 4.79 Å². The van der Waals surface area contributed by atoms with Crippen molar-refractivity contribution >= 4 is 27.7 Å². The normalized spacial score (nSPS) is 10.0. The summed E-state index contributed by atoms with van der Waals surface area (Å²) >= 11 is 3.38. The smallest absolute Gasteiger partial charge is 0.251 e. The Morgan fingerprint density at radius 1 is 1.33 bits per heavy atom. The minimum absolute atomic E-state index is 0.000358. The second kappa shape index (κ2) is 6.54. The van der Waals surface area contributed by atoms with E-state index in [9.17, 15) is 9.59 Å². The number of benzene rings is 1. The molecule has 0 unspecified atom stereocenters. The van der Waals surface area contributed by atoms with Crippen LogP contribution in [0.3, 0.4) is 0 Å². The van der Waals surface area contributed by atoms with E-state index in [0.717, 1.165) is 10.0 Å². The lowest BCUT2D eigenvalue weighted by Crippen LogP contribution is -2.30. The van der Waals surface area contributed by atoms with Crippen LogP contribution < -0.4 is 5.32 Å². The van der Waals surface area contributed by atoms with Crippen molar-refractivity contribution in [2.75, 3.05) is 20.6 Å². The van der Waals surface area contributed by atoms with Gasteiger partial charge in [0.15, 0.2) is 0 Å². The molecule has 1 aromatic rings. The molecule has 0 spiro atoms. The highest BCUT2D eigenvalue weighted by Crippen LogP contribution is 2.17. The van der Waals surface area contributed by atoms with Crippen molar-refractivity contribution in [1.29, 1.82) is 0 Å². The number of nitrogens with one attached hydrogen (secondary N) is 1. The van der Waals surface area contributed by atoms with E-state index in [-0.39, 0.29) is 11.8 Å². The van der Waals surface area contributed by atoms with Crippen molar-refractivity contribution in [2.45, 2.75) is 13.3 Å². The predicted molar refractivity (Wildman–Crippen MR) is 74.5 cm³/mol. The van der Waals surface area contributed by atoms with E-state index < -0.39 is 0 Å². The molecular weight excluding hydrogens is 296 g/mol. The van der Waals surface area contributed by atoms with Gasteiger partial charge < -0.3 is 10.2 Å². The third-order valence-corrected chi connectivity index (χ3v) is 3.41. The van der Waals surface area contributed by atoms with Crippen molar-refractivity contribution in [3.8, 4) is 0 Å². The molecule has 1 rings (SSSR count). The topological polar surface area (TPSA) is 49.4 Å². The molecule has 0 fully saturated rings. The lowest BCUT2D eigenvalue weighted by atomic mass is 10.1. The standard InChI is InChI=1S/C13H17BrN2O2/c1-9-4-5-10(8-11(9)14)13(18)15-7-6-12(17)16(2)3/h4-5,8H,6-7H2,1-3H3,(H,15,18). The van der Waals surface area contributed by atoms with Crippen LogP contribution in [0.25, 0.3) is 0 Å². The summed E-state index contributed by atoms with van der Waals surface area (Å²) in [5.74, 6) is -0.164. The van der Waals surface area contributed by atoms with E-state index in [1.807, 2.05) is 13.0 Å². The highest BCUT2D eigenvalue weighted by atomic mass is 79.9. The number of amides is 2. The first-order valence-corrected chi connectivity index (χ1v) is 6.45. The van der Waals surface area contributed by atoms with Crippen molar-refractivity contribution < 1.29 is 9.59 Å². The molecule has 18 heavy (non-hydrogen) atoms. The van der Waals surface area contributed by atoms with Crippen LogP contribution in [0.2, 0.25) is 0 Å². The fourth-order valence-corrected chi connectivity index (χ4v) is 1.72. The van der Waals surface area contributed by atoms with Gasteiger partial charge in [-0.3, -0.25) is 9.59 Å². The zero-order valence-corrected chi connectivity index (χ0v) is 12.4. The Morgan fingerprint density at radius 2 is 2.00 bits per heavy atom. The van der Waals surface area contributed by atoms with Gasteiger partial charge in [0.05, 0.1) is 0 Å². The van der Waals surface area contributed by atoms with E-state index in [4.69, 9.17) is 0 Å². The fraction of sp³-hybridized carbons (Fsp3) is 0.385. The number of halogens is 1. The first-order valence-electron chi connectivity index (χ1n) is 5.66. The monoisotopic (exact) mass is 312 g/mol. The molecule has 5 heteroatoms. The molecule has 0 saturated heterocycles. The van der Waals surface area contributed by atoms with Crippen LogP contribution in [0.4, 0.5) is 0 Å². The first-order chi connectivity index (χ1) is 8.41. The number of nitrogens with zero attached hydrogens (tertiary/aromatic N) is 1. The predicted octanol–water partition coefficient (Wildman–Crippen LogP) is 1.97. The summed E-state index contributed by atoms with van der Waals surface area (Å²) in [6.45, 7) is 2.31. The van der Waals surface area contributed by atoms with Crippen LogP contribution in [0.15, 0.2) is 22.7 Å². The summed E-state index contributed by atoms with van der Waals surface area (Å²) in [4.78, 5) is 24.6. The maximum Gasteiger partial charge on any atom is 0.251 e. The summed E-state index contributed by atoms with van der Waals surface area (Å²) in [6, 6.07) is 5.42. The zero-order chi connectivity index (χ0) is 13.7. The van der Waals surface area contributed by atoms with Gasteiger partial charge in [-0.2, -0.15) is 0 Å². The van der Waals surface area contributed by atoms with Crippen molar-refractivity contribution in [3.05, 3.63) is 33.8 Å². The molecule has 1 aromatic carbocycles. The summed E-state index contributed by atoms with van der Waals surface area (Å²) < 4.78 is 0.902. The van der Waals surface area contributed by atoms with Gasteiger partial charge in [0.1, 0.15) is 0 Å². The van der Waals surface area contributed by atoms with Crippen molar-refractivity contribution in [3.63, 3.8) is 0 Å². The summed E-state index contributed by atoms with van der Waals surface area (Å²) in [6.07, 6.45) is 0.311. The van der Waals surface area contributed by atoms with E-state index in [2.05, 4.69) is 21.2 Å². The Kier molecular flexibility index (Phi) is 5.34. The van der Waals surface area contributed by atoms with Gasteiger partial charge in [-0.25, -0.2) is 0 Å². The molecule has 0 bridgehead atoms. The molecule has 0 radical (unpaired) electrons. The van der Waals surface area contributed by atoms with Gasteiger partial charge in [0.25, 0.3) is 5.91 Å². The summed E-state index contributed by atoms with van der Waals surface area (Å²) in [5, 5.41) is 2.72. The third-order valence-electron chi connectivity index (χ3n) is 2.56. The Balaban J connectivity index is 2.50. The summed E-state index contributed by atoms with van der Waals surface area (Å²) in [5.41, 5.74) is 1.67. The lowest BCUT2D eigenvalue weighted by molar-refractivity contribution is -0.128. The molecule has 4 nitrogen and oxygen atoms in total. The molecule has 0 aromatic heterocycles. The Bertz CT molecular complexity index is 458. The highest BCUT2D eigenvalue weighted by Gasteiger charge is 2.08. The van der Waals surface area contributed by atoms with E-state index in [1.165, 1.54) is 4.90 Å². The molecule has 98 valence electrons. The highest BCUT2D eigenvalue weighted by molar-refractivity contribution is 9.10. The number of hydrogen-bond donors (Lipinski definition) is 1. The minimum atomic E-state index is -0.165. The van der Waals surface area contributed by atoms with E-state index in [0.29, 0.717) is 18.5 Å². The maximum atomic E-state index is 11.8. The van der Waals surface area contributed by atoms with Gasteiger partial charge in [-0.05, 0) is 24.6 Å². The largest absolute Gasteiger partial charge is 0.352 e. The van der Waals surface area contributed by atoms with Crippen LogP contribution in [-0.4, -0.2) is 37.4 Å². The molecule has 0 atom stereocenters. The van der Waals surface area contributed by atoms with Gasteiger partial charge in [-0.1, -0.05) is 22.0 Å². The van der Waals surface area contributed by atoms with Gasteiger partial charge in [0.2, 0.25) is 5.91 Å². The van der Waals surface area contributed by atoms with Crippen molar-refractivity contribution in [2.24, 2.45) is 0 Å². The number of carbonyl (C=O) groups excluding carboxylic acids is 2. The molecule has 1 N–H and O–H groups in total. The third kappa shape index (κ3) is 4.14. The second-order valence-electron chi connectivity index (χ2n) is 4.26. The van der Waals surface area contributed by atoms with Crippen LogP contribution in [0.5, 0.6) is 0 Å². The van der Waals surface area contributed by atoms with E-state index in [1.54, 1.807) is 26.2 Å². The molecule has 2 amide bonds.